The predicted molar refractivity (Wildman–Crippen MR) is 62.7 cm³/mol. The van der Waals surface area contributed by atoms with E-state index in [0.717, 1.165) is 26.2 Å². The van der Waals surface area contributed by atoms with Crippen LogP contribution >= 0.6 is 0 Å². The Hall–Kier alpha value is -1.02. The van der Waals surface area contributed by atoms with Gasteiger partial charge in [-0.3, -0.25) is 0 Å². The Morgan fingerprint density at radius 2 is 1.71 bits per heavy atom. The maximum absolute atomic E-state index is 3.40. The first-order chi connectivity index (χ1) is 6.86. The molecule has 0 fully saturated rings. The minimum Gasteiger partial charge on any atom is -0.384 e. The lowest BCUT2D eigenvalue weighted by molar-refractivity contribution is 0.316. The van der Waals surface area contributed by atoms with E-state index < -0.39 is 0 Å². The van der Waals surface area contributed by atoms with Gasteiger partial charge < -0.3 is 10.2 Å². The highest BCUT2D eigenvalue weighted by atomic mass is 15.1. The molecule has 78 valence electrons. The molecular weight excluding hydrogens is 172 g/mol. The summed E-state index contributed by atoms with van der Waals surface area (Å²) in [6.07, 6.45) is 0. The van der Waals surface area contributed by atoms with Crippen molar-refractivity contribution in [3.05, 3.63) is 30.3 Å². The lowest BCUT2D eigenvalue weighted by Gasteiger charge is -2.18. The molecule has 0 aromatic heterocycles. The van der Waals surface area contributed by atoms with Crippen molar-refractivity contribution in [1.29, 1.82) is 0 Å². The number of likely N-dealkylation sites (N-methyl/N-ethyl adjacent to an activating group) is 1. The molecule has 0 atom stereocenters. The van der Waals surface area contributed by atoms with E-state index in [-0.39, 0.29) is 0 Å². The molecule has 1 N–H and O–H groups in total. The van der Waals surface area contributed by atoms with Gasteiger partial charge in [0, 0.05) is 18.8 Å². The molecule has 2 heteroatoms. The summed E-state index contributed by atoms with van der Waals surface area (Å²) in [4.78, 5) is 2.41. The fourth-order valence-corrected chi connectivity index (χ4v) is 1.45. The highest BCUT2D eigenvalue weighted by molar-refractivity contribution is 5.42. The smallest absolute Gasteiger partial charge is 0.0340 e. The quantitative estimate of drug-likeness (QED) is 0.744. The SMILES string of the molecule is CCN(CC)CCNc1ccccc1. The Labute approximate surface area is 86.9 Å². The summed E-state index contributed by atoms with van der Waals surface area (Å²) in [5.41, 5.74) is 1.21. The van der Waals surface area contributed by atoms with Crippen molar-refractivity contribution in [1.82, 2.24) is 4.90 Å². The molecule has 0 amide bonds. The number of nitrogens with one attached hydrogen (secondary N) is 1. The van der Waals surface area contributed by atoms with Gasteiger partial charge in [0.15, 0.2) is 0 Å². The largest absolute Gasteiger partial charge is 0.384 e. The first kappa shape index (κ1) is 11.1. The normalized spacial score (nSPS) is 10.5. The summed E-state index contributed by atoms with van der Waals surface area (Å²) in [5.74, 6) is 0. The summed E-state index contributed by atoms with van der Waals surface area (Å²) < 4.78 is 0. The zero-order valence-corrected chi connectivity index (χ0v) is 9.16. The van der Waals surface area contributed by atoms with E-state index >= 15 is 0 Å². The van der Waals surface area contributed by atoms with E-state index in [1.165, 1.54) is 5.69 Å². The van der Waals surface area contributed by atoms with Gasteiger partial charge in [-0.15, -0.1) is 0 Å². The number of rotatable bonds is 6. The summed E-state index contributed by atoms with van der Waals surface area (Å²) in [7, 11) is 0. The Kier molecular flexibility index (Phi) is 5.08. The average Bonchev–Trinajstić information content (AvgIpc) is 2.26. The van der Waals surface area contributed by atoms with Gasteiger partial charge in [-0.25, -0.2) is 0 Å². The van der Waals surface area contributed by atoms with Gasteiger partial charge in [0.25, 0.3) is 0 Å². The molecule has 0 radical (unpaired) electrons. The van der Waals surface area contributed by atoms with Gasteiger partial charge in [0.1, 0.15) is 0 Å². The van der Waals surface area contributed by atoms with E-state index in [0.29, 0.717) is 0 Å². The van der Waals surface area contributed by atoms with E-state index in [9.17, 15) is 0 Å². The number of nitrogens with zero attached hydrogens (tertiary/aromatic N) is 1. The fourth-order valence-electron chi connectivity index (χ4n) is 1.45. The van der Waals surface area contributed by atoms with Crippen LogP contribution in [0, 0.1) is 0 Å². The first-order valence-corrected chi connectivity index (χ1v) is 5.38. The van der Waals surface area contributed by atoms with Crippen LogP contribution < -0.4 is 5.32 Å². The molecular formula is C12H20N2. The first-order valence-electron chi connectivity index (χ1n) is 5.38. The third-order valence-corrected chi connectivity index (χ3v) is 2.43. The van der Waals surface area contributed by atoms with E-state index in [4.69, 9.17) is 0 Å². The number of hydrogen-bond acceptors (Lipinski definition) is 2. The van der Waals surface area contributed by atoms with Crippen LogP contribution in [0.5, 0.6) is 0 Å². The molecule has 14 heavy (non-hydrogen) atoms. The highest BCUT2D eigenvalue weighted by Crippen LogP contribution is 2.03. The lowest BCUT2D eigenvalue weighted by Crippen LogP contribution is -2.28. The van der Waals surface area contributed by atoms with Crippen molar-refractivity contribution in [2.75, 3.05) is 31.5 Å². The van der Waals surface area contributed by atoms with E-state index in [1.54, 1.807) is 0 Å². The van der Waals surface area contributed by atoms with Gasteiger partial charge in [-0.05, 0) is 25.2 Å². The minimum absolute atomic E-state index is 1.02. The average molecular weight is 192 g/mol. The zero-order valence-electron chi connectivity index (χ0n) is 9.16. The Morgan fingerprint density at radius 1 is 1.07 bits per heavy atom. The second kappa shape index (κ2) is 6.44. The van der Waals surface area contributed by atoms with Gasteiger partial charge in [0.05, 0.1) is 0 Å². The standard InChI is InChI=1S/C12H20N2/c1-3-14(4-2)11-10-13-12-8-6-5-7-9-12/h5-9,13H,3-4,10-11H2,1-2H3. The second-order valence-corrected chi connectivity index (χ2v) is 3.32. The number of benzene rings is 1. The van der Waals surface area contributed by atoms with Gasteiger partial charge >= 0.3 is 0 Å². The lowest BCUT2D eigenvalue weighted by atomic mass is 10.3. The maximum Gasteiger partial charge on any atom is 0.0340 e. The van der Waals surface area contributed by atoms with Gasteiger partial charge in [-0.1, -0.05) is 32.0 Å². The highest BCUT2D eigenvalue weighted by Gasteiger charge is 1.97. The summed E-state index contributed by atoms with van der Waals surface area (Å²) in [5, 5.41) is 3.40. The molecule has 1 aromatic rings. The molecule has 2 nitrogen and oxygen atoms in total. The van der Waals surface area contributed by atoms with Crippen LogP contribution in [-0.4, -0.2) is 31.1 Å². The second-order valence-electron chi connectivity index (χ2n) is 3.32. The van der Waals surface area contributed by atoms with Crippen molar-refractivity contribution in [3.63, 3.8) is 0 Å². The van der Waals surface area contributed by atoms with Crippen LogP contribution in [-0.2, 0) is 0 Å². The third-order valence-electron chi connectivity index (χ3n) is 2.43. The Morgan fingerprint density at radius 3 is 2.29 bits per heavy atom. The monoisotopic (exact) mass is 192 g/mol. The van der Waals surface area contributed by atoms with Gasteiger partial charge in [-0.2, -0.15) is 0 Å². The predicted octanol–water partition coefficient (Wildman–Crippen LogP) is 2.44. The van der Waals surface area contributed by atoms with Crippen molar-refractivity contribution in [3.8, 4) is 0 Å². The minimum atomic E-state index is 1.02. The maximum atomic E-state index is 3.40. The fraction of sp³-hybridized carbons (Fsp3) is 0.500. The van der Waals surface area contributed by atoms with Crippen molar-refractivity contribution < 1.29 is 0 Å². The Balaban J connectivity index is 2.21. The van der Waals surface area contributed by atoms with Crippen LogP contribution in [0.1, 0.15) is 13.8 Å². The van der Waals surface area contributed by atoms with E-state index in [2.05, 4.69) is 48.3 Å². The number of hydrogen-bond donors (Lipinski definition) is 1. The van der Waals surface area contributed by atoms with Crippen LogP contribution in [0.25, 0.3) is 0 Å². The number of para-hydroxylation sites is 1. The molecule has 1 aromatic carbocycles. The molecule has 0 heterocycles. The zero-order chi connectivity index (χ0) is 10.2. The van der Waals surface area contributed by atoms with Crippen molar-refractivity contribution in [2.24, 2.45) is 0 Å². The van der Waals surface area contributed by atoms with Crippen molar-refractivity contribution in [2.45, 2.75) is 13.8 Å². The molecule has 0 aliphatic heterocycles. The third kappa shape index (κ3) is 3.79. The summed E-state index contributed by atoms with van der Waals surface area (Å²) >= 11 is 0. The molecule has 0 unspecified atom stereocenters. The molecule has 0 bridgehead atoms. The number of anilines is 1. The Bertz CT molecular complexity index is 229. The summed E-state index contributed by atoms with van der Waals surface area (Å²) in [6, 6.07) is 10.3. The molecule has 0 saturated heterocycles. The van der Waals surface area contributed by atoms with Crippen molar-refractivity contribution >= 4 is 5.69 Å². The molecule has 0 aliphatic carbocycles. The van der Waals surface area contributed by atoms with Crippen LogP contribution in [0.15, 0.2) is 30.3 Å². The van der Waals surface area contributed by atoms with E-state index in [1.807, 2.05) is 6.07 Å². The molecule has 0 spiro atoms. The van der Waals surface area contributed by atoms with Crippen LogP contribution in [0.3, 0.4) is 0 Å². The molecule has 0 aliphatic rings. The molecule has 1 rings (SSSR count). The van der Waals surface area contributed by atoms with Gasteiger partial charge in [0.2, 0.25) is 0 Å². The van der Waals surface area contributed by atoms with Crippen LogP contribution in [0.2, 0.25) is 0 Å². The summed E-state index contributed by atoms with van der Waals surface area (Å²) in [6.45, 7) is 8.80. The topological polar surface area (TPSA) is 15.3 Å². The molecule has 0 saturated carbocycles. The van der Waals surface area contributed by atoms with Crippen LogP contribution in [0.4, 0.5) is 5.69 Å².